The summed E-state index contributed by atoms with van der Waals surface area (Å²) in [6.45, 7) is 0. The van der Waals surface area contributed by atoms with E-state index in [9.17, 15) is 14.9 Å². The Labute approximate surface area is 132 Å². The van der Waals surface area contributed by atoms with Crippen molar-refractivity contribution in [2.45, 2.75) is 6.10 Å². The minimum atomic E-state index is -0.779. The van der Waals surface area contributed by atoms with E-state index < -0.39 is 16.9 Å². The quantitative estimate of drug-likeness (QED) is 0.503. The molecule has 0 aliphatic rings. The fourth-order valence-electron chi connectivity index (χ4n) is 1.97. The molecule has 1 amide bonds. The first-order chi connectivity index (χ1) is 11.1. The number of carbonyl (C=O) groups is 1. The van der Waals surface area contributed by atoms with Gasteiger partial charge in [0.25, 0.3) is 11.6 Å². The number of nitro benzene ring substituents is 1. The van der Waals surface area contributed by atoms with Gasteiger partial charge in [0.15, 0.2) is 6.10 Å². The Balaban J connectivity index is 2.03. The maximum absolute atomic E-state index is 12.1. The van der Waals surface area contributed by atoms with E-state index in [-0.39, 0.29) is 5.69 Å². The maximum Gasteiger partial charge on any atom is 0.273 e. The lowest BCUT2D eigenvalue weighted by atomic mass is 10.1. The Kier molecular flexibility index (Phi) is 5.54. The summed E-state index contributed by atoms with van der Waals surface area (Å²) in [5, 5.41) is 14.5. The largest absolute Gasteiger partial charge is 0.367 e. The van der Waals surface area contributed by atoms with Crippen LogP contribution in [0.15, 0.2) is 59.7 Å². The lowest BCUT2D eigenvalue weighted by molar-refractivity contribution is -0.384. The average Bonchev–Trinajstić information content (AvgIpc) is 2.57. The predicted octanol–water partition coefficient (Wildman–Crippen LogP) is 2.43. The standard InChI is InChI=1S/C16H15N3O4/c1-23-15(13-7-3-2-4-8-13)16(20)18-17-11-12-6-5-9-14(10-12)19(21)22/h2-11,15H,1H3,(H,18,20)/b17-11-/t15-/m0/s1. The second-order valence-electron chi connectivity index (χ2n) is 4.61. The summed E-state index contributed by atoms with van der Waals surface area (Å²) in [5.74, 6) is -0.430. The average molecular weight is 313 g/mol. The van der Waals surface area contributed by atoms with Crippen molar-refractivity contribution < 1.29 is 14.5 Å². The van der Waals surface area contributed by atoms with E-state index in [1.165, 1.54) is 25.5 Å². The summed E-state index contributed by atoms with van der Waals surface area (Å²) < 4.78 is 5.18. The summed E-state index contributed by atoms with van der Waals surface area (Å²) in [6, 6.07) is 14.9. The van der Waals surface area contributed by atoms with Gasteiger partial charge in [-0.15, -0.1) is 0 Å². The minimum absolute atomic E-state index is 0.0423. The number of nitrogens with one attached hydrogen (secondary N) is 1. The molecule has 0 aliphatic carbocycles. The Morgan fingerprint density at radius 1 is 1.26 bits per heavy atom. The molecule has 23 heavy (non-hydrogen) atoms. The molecule has 7 heteroatoms. The molecule has 1 atom stereocenters. The van der Waals surface area contributed by atoms with Gasteiger partial charge in [0.1, 0.15) is 0 Å². The van der Waals surface area contributed by atoms with Crippen LogP contribution in [-0.4, -0.2) is 24.2 Å². The van der Waals surface area contributed by atoms with Crippen molar-refractivity contribution in [2.24, 2.45) is 5.10 Å². The molecule has 0 bridgehead atoms. The van der Waals surface area contributed by atoms with Crippen LogP contribution in [0.5, 0.6) is 0 Å². The molecular formula is C16H15N3O4. The van der Waals surface area contributed by atoms with Gasteiger partial charge >= 0.3 is 0 Å². The van der Waals surface area contributed by atoms with Crippen LogP contribution in [0.1, 0.15) is 17.2 Å². The van der Waals surface area contributed by atoms with E-state index in [0.29, 0.717) is 11.1 Å². The number of amides is 1. The van der Waals surface area contributed by atoms with Crippen molar-refractivity contribution in [3.63, 3.8) is 0 Å². The zero-order valence-corrected chi connectivity index (χ0v) is 12.4. The fourth-order valence-corrected chi connectivity index (χ4v) is 1.97. The number of methoxy groups -OCH3 is 1. The number of benzene rings is 2. The molecule has 2 rings (SSSR count). The molecule has 0 spiro atoms. The molecule has 0 fully saturated rings. The molecule has 0 radical (unpaired) electrons. The molecule has 7 nitrogen and oxygen atoms in total. The van der Waals surface area contributed by atoms with Crippen LogP contribution in [0, 0.1) is 10.1 Å². The monoisotopic (exact) mass is 313 g/mol. The lowest BCUT2D eigenvalue weighted by Gasteiger charge is -2.13. The highest BCUT2D eigenvalue weighted by Gasteiger charge is 2.19. The fraction of sp³-hybridized carbons (Fsp3) is 0.125. The number of nitrogens with zero attached hydrogens (tertiary/aromatic N) is 2. The summed E-state index contributed by atoms with van der Waals surface area (Å²) in [4.78, 5) is 22.3. The highest BCUT2D eigenvalue weighted by Crippen LogP contribution is 2.16. The van der Waals surface area contributed by atoms with Crippen molar-refractivity contribution >= 4 is 17.8 Å². The van der Waals surface area contributed by atoms with Crippen LogP contribution in [-0.2, 0) is 9.53 Å². The van der Waals surface area contributed by atoms with Crippen molar-refractivity contribution in [1.82, 2.24) is 5.43 Å². The van der Waals surface area contributed by atoms with Gasteiger partial charge in [-0.05, 0) is 5.56 Å². The number of non-ortho nitro benzene ring substituents is 1. The maximum atomic E-state index is 12.1. The topological polar surface area (TPSA) is 93.8 Å². The normalized spacial score (nSPS) is 12.0. The Morgan fingerprint density at radius 2 is 2.00 bits per heavy atom. The van der Waals surface area contributed by atoms with Gasteiger partial charge in [-0.1, -0.05) is 42.5 Å². The first kappa shape index (κ1) is 16.3. The molecule has 0 aliphatic heterocycles. The number of hydrogen-bond acceptors (Lipinski definition) is 5. The van der Waals surface area contributed by atoms with Crippen LogP contribution >= 0.6 is 0 Å². The van der Waals surface area contributed by atoms with Crippen molar-refractivity contribution in [3.05, 3.63) is 75.8 Å². The van der Waals surface area contributed by atoms with E-state index in [1.807, 2.05) is 6.07 Å². The smallest absolute Gasteiger partial charge is 0.273 e. The SMILES string of the molecule is CO[C@H](C(=O)N/N=C\c1cccc([N+](=O)[O-])c1)c1ccccc1. The third-order valence-electron chi connectivity index (χ3n) is 3.05. The van der Waals surface area contributed by atoms with Crippen molar-refractivity contribution in [3.8, 4) is 0 Å². The number of rotatable bonds is 6. The van der Waals surface area contributed by atoms with E-state index in [0.717, 1.165) is 0 Å². The second kappa shape index (κ2) is 7.81. The van der Waals surface area contributed by atoms with E-state index in [2.05, 4.69) is 10.5 Å². The second-order valence-corrected chi connectivity index (χ2v) is 4.61. The van der Waals surface area contributed by atoms with Gasteiger partial charge in [-0.2, -0.15) is 5.10 Å². The molecule has 0 heterocycles. The summed E-state index contributed by atoms with van der Waals surface area (Å²) in [6.07, 6.45) is 0.557. The molecule has 0 unspecified atom stereocenters. The molecule has 0 saturated carbocycles. The van der Waals surface area contributed by atoms with Crippen molar-refractivity contribution in [1.29, 1.82) is 0 Å². The molecule has 2 aromatic carbocycles. The number of carbonyl (C=O) groups excluding carboxylic acids is 1. The molecule has 0 aromatic heterocycles. The van der Waals surface area contributed by atoms with Gasteiger partial charge in [0.2, 0.25) is 0 Å². The zero-order chi connectivity index (χ0) is 16.7. The molecule has 1 N–H and O–H groups in total. The Morgan fingerprint density at radius 3 is 2.65 bits per heavy atom. The summed E-state index contributed by atoms with van der Waals surface area (Å²) >= 11 is 0. The van der Waals surface area contributed by atoms with Crippen LogP contribution in [0.25, 0.3) is 0 Å². The number of hydrazone groups is 1. The van der Waals surface area contributed by atoms with Gasteiger partial charge in [-0.25, -0.2) is 5.43 Å². The molecular weight excluding hydrogens is 298 g/mol. The zero-order valence-electron chi connectivity index (χ0n) is 12.4. The first-order valence-electron chi connectivity index (χ1n) is 6.77. The molecule has 0 saturated heterocycles. The van der Waals surface area contributed by atoms with Gasteiger partial charge < -0.3 is 4.74 Å². The van der Waals surface area contributed by atoms with Gasteiger partial charge in [0.05, 0.1) is 11.1 Å². The Hall–Kier alpha value is -3.06. The van der Waals surface area contributed by atoms with E-state index in [4.69, 9.17) is 4.74 Å². The molecule has 118 valence electrons. The van der Waals surface area contributed by atoms with E-state index >= 15 is 0 Å². The third kappa shape index (κ3) is 4.45. The van der Waals surface area contributed by atoms with Crippen molar-refractivity contribution in [2.75, 3.05) is 7.11 Å². The number of nitro groups is 1. The summed E-state index contributed by atoms with van der Waals surface area (Å²) in [5.41, 5.74) is 3.54. The summed E-state index contributed by atoms with van der Waals surface area (Å²) in [7, 11) is 1.43. The predicted molar refractivity (Wildman–Crippen MR) is 85.0 cm³/mol. The van der Waals surface area contributed by atoms with Crippen LogP contribution in [0.3, 0.4) is 0 Å². The molecule has 2 aromatic rings. The van der Waals surface area contributed by atoms with Crippen LogP contribution in [0.2, 0.25) is 0 Å². The van der Waals surface area contributed by atoms with Crippen LogP contribution < -0.4 is 5.43 Å². The van der Waals surface area contributed by atoms with Gasteiger partial charge in [-0.3, -0.25) is 14.9 Å². The van der Waals surface area contributed by atoms with Gasteiger partial charge in [0, 0.05) is 24.8 Å². The van der Waals surface area contributed by atoms with Crippen LogP contribution in [0.4, 0.5) is 5.69 Å². The Bertz CT molecular complexity index is 716. The highest BCUT2D eigenvalue weighted by atomic mass is 16.6. The van der Waals surface area contributed by atoms with E-state index in [1.54, 1.807) is 36.4 Å². The highest BCUT2D eigenvalue weighted by molar-refractivity contribution is 5.85. The number of hydrogen-bond donors (Lipinski definition) is 1. The minimum Gasteiger partial charge on any atom is -0.367 e. The number of ether oxygens (including phenoxy) is 1. The first-order valence-corrected chi connectivity index (χ1v) is 6.77. The third-order valence-corrected chi connectivity index (χ3v) is 3.05. The lowest BCUT2D eigenvalue weighted by Crippen LogP contribution is -2.26.